The van der Waals surface area contributed by atoms with E-state index < -0.39 is 6.09 Å². The molecule has 126 valence electrons. The SMILES string of the molecule is CC(CS)N(C(=O)Oc1ccc(C#N)cc1)c1ccc2ncsc2n1. The van der Waals surface area contributed by atoms with Crippen LogP contribution in [0, 0.1) is 11.3 Å². The van der Waals surface area contributed by atoms with Crippen molar-refractivity contribution in [2.45, 2.75) is 13.0 Å². The predicted molar refractivity (Wildman–Crippen MR) is 100 cm³/mol. The lowest BCUT2D eigenvalue weighted by Gasteiger charge is -2.26. The molecule has 0 saturated carbocycles. The summed E-state index contributed by atoms with van der Waals surface area (Å²) in [5.74, 6) is 1.29. The minimum Gasteiger partial charge on any atom is -0.410 e. The Morgan fingerprint density at radius 3 is 2.80 bits per heavy atom. The number of rotatable bonds is 4. The zero-order chi connectivity index (χ0) is 17.8. The first kappa shape index (κ1) is 17.2. The van der Waals surface area contributed by atoms with Gasteiger partial charge in [-0.2, -0.15) is 17.9 Å². The number of amides is 1. The molecule has 1 atom stereocenters. The molecule has 0 aliphatic carbocycles. The Morgan fingerprint density at radius 2 is 2.12 bits per heavy atom. The van der Waals surface area contributed by atoms with E-state index in [-0.39, 0.29) is 6.04 Å². The summed E-state index contributed by atoms with van der Waals surface area (Å²) in [5.41, 5.74) is 2.99. The van der Waals surface area contributed by atoms with Gasteiger partial charge in [0.15, 0.2) is 0 Å². The van der Waals surface area contributed by atoms with Crippen LogP contribution < -0.4 is 9.64 Å². The van der Waals surface area contributed by atoms with Crippen LogP contribution in [0.5, 0.6) is 5.75 Å². The van der Waals surface area contributed by atoms with Crippen LogP contribution in [0.15, 0.2) is 41.9 Å². The van der Waals surface area contributed by atoms with Gasteiger partial charge in [-0.3, -0.25) is 4.90 Å². The number of hydrogen-bond donors (Lipinski definition) is 1. The number of anilines is 1. The molecule has 0 N–H and O–H groups in total. The van der Waals surface area contributed by atoms with E-state index in [1.54, 1.807) is 35.8 Å². The molecule has 6 nitrogen and oxygen atoms in total. The normalized spacial score (nSPS) is 11.7. The van der Waals surface area contributed by atoms with Crippen molar-refractivity contribution in [3.05, 3.63) is 47.5 Å². The Balaban J connectivity index is 1.88. The molecule has 2 aromatic heterocycles. The van der Waals surface area contributed by atoms with Crippen molar-refractivity contribution in [1.82, 2.24) is 9.97 Å². The number of carbonyl (C=O) groups excluding carboxylic acids is 1. The number of thiol groups is 1. The Labute approximate surface area is 154 Å². The summed E-state index contributed by atoms with van der Waals surface area (Å²) in [4.78, 5) is 23.6. The van der Waals surface area contributed by atoms with Crippen LogP contribution in [0.3, 0.4) is 0 Å². The smallest absolute Gasteiger partial charge is 0.410 e. The lowest BCUT2D eigenvalue weighted by atomic mass is 10.2. The van der Waals surface area contributed by atoms with E-state index in [1.165, 1.54) is 16.2 Å². The molecule has 0 saturated heterocycles. The highest BCUT2D eigenvalue weighted by molar-refractivity contribution is 7.80. The fraction of sp³-hybridized carbons (Fsp3) is 0.176. The number of nitrogens with zero attached hydrogens (tertiary/aromatic N) is 4. The fourth-order valence-electron chi connectivity index (χ4n) is 2.20. The summed E-state index contributed by atoms with van der Waals surface area (Å²) in [6, 6.07) is 11.7. The molecule has 8 heteroatoms. The standard InChI is InChI=1S/C17H14N4O2S2/c1-11(9-24)21(15-7-6-14-16(20-15)25-10-19-14)17(22)23-13-4-2-12(8-18)3-5-13/h2-7,10-11,24H,9H2,1H3. The number of aromatic nitrogens is 2. The summed E-state index contributed by atoms with van der Waals surface area (Å²) in [6.45, 7) is 1.87. The Morgan fingerprint density at radius 1 is 1.36 bits per heavy atom. The molecule has 0 bridgehead atoms. The van der Waals surface area contributed by atoms with Crippen molar-refractivity contribution in [2.24, 2.45) is 0 Å². The maximum absolute atomic E-state index is 12.7. The highest BCUT2D eigenvalue weighted by Crippen LogP contribution is 2.23. The third kappa shape index (κ3) is 3.73. The maximum Gasteiger partial charge on any atom is 0.421 e. The minimum atomic E-state index is -0.553. The molecule has 3 rings (SSSR count). The number of fused-ring (bicyclic) bond motifs is 1. The van der Waals surface area contributed by atoms with Gasteiger partial charge < -0.3 is 4.74 Å². The van der Waals surface area contributed by atoms with Crippen molar-refractivity contribution in [3.8, 4) is 11.8 Å². The monoisotopic (exact) mass is 370 g/mol. The van der Waals surface area contributed by atoms with Crippen molar-refractivity contribution >= 4 is 46.2 Å². The number of thiazole rings is 1. The lowest BCUT2D eigenvalue weighted by Crippen LogP contribution is -2.42. The molecule has 0 radical (unpaired) electrons. The Hall–Kier alpha value is -2.63. The molecule has 25 heavy (non-hydrogen) atoms. The van der Waals surface area contributed by atoms with Gasteiger partial charge in [0.25, 0.3) is 0 Å². The predicted octanol–water partition coefficient (Wildman–Crippen LogP) is 3.89. The van der Waals surface area contributed by atoms with Crippen LogP contribution in [0.25, 0.3) is 10.3 Å². The molecule has 0 spiro atoms. The van der Waals surface area contributed by atoms with Crippen LogP contribution in [0.1, 0.15) is 12.5 Å². The van der Waals surface area contributed by atoms with Gasteiger partial charge in [-0.1, -0.05) is 0 Å². The highest BCUT2D eigenvalue weighted by atomic mass is 32.1. The molecule has 0 fully saturated rings. The van der Waals surface area contributed by atoms with Gasteiger partial charge in [-0.25, -0.2) is 14.8 Å². The van der Waals surface area contributed by atoms with Crippen LogP contribution >= 0.6 is 24.0 Å². The molecule has 3 aromatic rings. The Kier molecular flexibility index (Phi) is 5.16. The van der Waals surface area contributed by atoms with E-state index in [2.05, 4.69) is 22.6 Å². The van der Waals surface area contributed by atoms with E-state index >= 15 is 0 Å². The second kappa shape index (κ2) is 7.51. The second-order valence-electron chi connectivity index (χ2n) is 5.25. The number of ether oxygens (including phenoxy) is 1. The quantitative estimate of drug-likeness (QED) is 0.705. The largest absolute Gasteiger partial charge is 0.421 e. The summed E-state index contributed by atoms with van der Waals surface area (Å²) >= 11 is 5.70. The number of carbonyl (C=O) groups is 1. The zero-order valence-corrected chi connectivity index (χ0v) is 15.0. The van der Waals surface area contributed by atoms with Crippen LogP contribution in [-0.4, -0.2) is 27.9 Å². The third-order valence-corrected chi connectivity index (χ3v) is 4.78. The molecule has 1 unspecified atom stereocenters. The zero-order valence-electron chi connectivity index (χ0n) is 13.3. The minimum absolute atomic E-state index is 0.216. The van der Waals surface area contributed by atoms with Gasteiger partial charge in [-0.05, 0) is 43.3 Å². The molecule has 1 amide bonds. The number of pyridine rings is 1. The average molecular weight is 370 g/mol. The number of hydrogen-bond acceptors (Lipinski definition) is 7. The van der Waals surface area contributed by atoms with E-state index in [4.69, 9.17) is 10.00 Å². The first-order chi connectivity index (χ1) is 12.1. The molecule has 0 aliphatic rings. The van der Waals surface area contributed by atoms with E-state index in [0.717, 1.165) is 10.3 Å². The summed E-state index contributed by atoms with van der Waals surface area (Å²) in [5, 5.41) is 8.83. The first-order valence-electron chi connectivity index (χ1n) is 7.44. The van der Waals surface area contributed by atoms with E-state index in [0.29, 0.717) is 22.9 Å². The second-order valence-corrected chi connectivity index (χ2v) is 6.45. The molecular formula is C17H14N4O2S2. The number of benzene rings is 1. The van der Waals surface area contributed by atoms with E-state index in [9.17, 15) is 4.79 Å². The van der Waals surface area contributed by atoms with Crippen molar-refractivity contribution in [3.63, 3.8) is 0 Å². The average Bonchev–Trinajstić information content (AvgIpc) is 3.10. The van der Waals surface area contributed by atoms with Gasteiger partial charge >= 0.3 is 6.09 Å². The first-order valence-corrected chi connectivity index (χ1v) is 8.96. The van der Waals surface area contributed by atoms with Gasteiger partial charge in [0.1, 0.15) is 21.9 Å². The van der Waals surface area contributed by atoms with Crippen LogP contribution in [0.4, 0.5) is 10.6 Å². The number of nitriles is 1. The molecule has 2 heterocycles. The summed E-state index contributed by atoms with van der Waals surface area (Å²) in [7, 11) is 0. The van der Waals surface area contributed by atoms with Crippen molar-refractivity contribution in [1.29, 1.82) is 5.26 Å². The van der Waals surface area contributed by atoms with Gasteiger partial charge in [-0.15, -0.1) is 11.3 Å². The summed E-state index contributed by atoms with van der Waals surface area (Å²) in [6.07, 6.45) is -0.553. The maximum atomic E-state index is 12.7. The van der Waals surface area contributed by atoms with E-state index in [1.807, 2.05) is 19.1 Å². The topological polar surface area (TPSA) is 79.1 Å². The van der Waals surface area contributed by atoms with Crippen LogP contribution in [-0.2, 0) is 0 Å². The molecule has 0 aliphatic heterocycles. The highest BCUT2D eigenvalue weighted by Gasteiger charge is 2.25. The lowest BCUT2D eigenvalue weighted by molar-refractivity contribution is 0.205. The Bertz CT molecular complexity index is 934. The molecule has 1 aromatic carbocycles. The fourth-order valence-corrected chi connectivity index (χ4v) is 3.02. The van der Waals surface area contributed by atoms with Gasteiger partial charge in [0, 0.05) is 11.8 Å². The third-order valence-electron chi connectivity index (χ3n) is 3.52. The van der Waals surface area contributed by atoms with Crippen molar-refractivity contribution < 1.29 is 9.53 Å². The van der Waals surface area contributed by atoms with Gasteiger partial charge in [0.2, 0.25) is 0 Å². The molecular weight excluding hydrogens is 356 g/mol. The summed E-state index contributed by atoms with van der Waals surface area (Å²) < 4.78 is 5.44. The van der Waals surface area contributed by atoms with Crippen LogP contribution in [0.2, 0.25) is 0 Å². The van der Waals surface area contributed by atoms with Gasteiger partial charge in [0.05, 0.1) is 17.1 Å². The van der Waals surface area contributed by atoms with Crippen molar-refractivity contribution in [2.75, 3.05) is 10.7 Å².